The van der Waals surface area contributed by atoms with E-state index in [9.17, 15) is 14.7 Å². The van der Waals surface area contributed by atoms with Crippen LogP contribution >= 0.6 is 0 Å². The van der Waals surface area contributed by atoms with E-state index in [1.165, 1.54) is 11.0 Å². The molecule has 2 aromatic rings. The number of imide groups is 1. The van der Waals surface area contributed by atoms with Gasteiger partial charge in [-0.15, -0.1) is 0 Å². The molecule has 1 heterocycles. The van der Waals surface area contributed by atoms with Gasteiger partial charge in [-0.25, -0.2) is 0 Å². The van der Waals surface area contributed by atoms with Gasteiger partial charge in [0.2, 0.25) is 0 Å². The van der Waals surface area contributed by atoms with E-state index in [1.807, 2.05) is 13.8 Å². The number of hydrogen-bond donors (Lipinski definition) is 2. The summed E-state index contributed by atoms with van der Waals surface area (Å²) in [4.78, 5) is 27.0. The third kappa shape index (κ3) is 3.53. The van der Waals surface area contributed by atoms with Crippen LogP contribution in [-0.4, -0.2) is 41.6 Å². The number of nitrogen functional groups attached to an aromatic ring is 1. The molecule has 2 aromatic carbocycles. The smallest absolute Gasteiger partial charge is 0.262 e. The summed E-state index contributed by atoms with van der Waals surface area (Å²) in [7, 11) is 1.54. The van der Waals surface area contributed by atoms with Gasteiger partial charge in [0.1, 0.15) is 0 Å². The summed E-state index contributed by atoms with van der Waals surface area (Å²) in [5, 5.41) is 9.58. The van der Waals surface area contributed by atoms with Gasteiger partial charge in [0.25, 0.3) is 11.8 Å². The number of ether oxygens (including phenoxy) is 2. The Hall–Kier alpha value is -3.06. The lowest BCUT2D eigenvalue weighted by molar-refractivity contribution is 0.0557. The number of amides is 2. The van der Waals surface area contributed by atoms with Gasteiger partial charge >= 0.3 is 0 Å². The van der Waals surface area contributed by atoms with E-state index in [0.717, 1.165) is 0 Å². The largest absolute Gasteiger partial charge is 0.493 e. The van der Waals surface area contributed by atoms with E-state index in [4.69, 9.17) is 15.2 Å². The highest BCUT2D eigenvalue weighted by atomic mass is 16.5. The Morgan fingerprint density at radius 3 is 2.39 bits per heavy atom. The molecule has 28 heavy (non-hydrogen) atoms. The molecular weight excluding hydrogens is 360 g/mol. The molecule has 2 amide bonds. The maximum atomic E-state index is 12.9. The normalized spacial score (nSPS) is 14.4. The van der Waals surface area contributed by atoms with Gasteiger partial charge in [-0.1, -0.05) is 6.07 Å². The van der Waals surface area contributed by atoms with Gasteiger partial charge in [0.15, 0.2) is 11.5 Å². The number of anilines is 1. The predicted octanol–water partition coefficient (Wildman–Crippen LogP) is 2.78. The minimum absolute atomic E-state index is 0.0808. The molecule has 1 unspecified atom stereocenters. The monoisotopic (exact) mass is 384 g/mol. The quantitative estimate of drug-likeness (QED) is 0.562. The van der Waals surface area contributed by atoms with E-state index < -0.39 is 17.9 Å². The second kappa shape index (κ2) is 7.90. The van der Waals surface area contributed by atoms with E-state index in [0.29, 0.717) is 28.3 Å². The molecule has 1 aliphatic heterocycles. The number of methoxy groups -OCH3 is 1. The van der Waals surface area contributed by atoms with Crippen LogP contribution in [-0.2, 0) is 0 Å². The Labute approximate surface area is 163 Å². The summed E-state index contributed by atoms with van der Waals surface area (Å²) < 4.78 is 11.1. The van der Waals surface area contributed by atoms with Gasteiger partial charge in [0, 0.05) is 12.3 Å². The molecule has 1 atom stereocenters. The number of benzene rings is 2. The van der Waals surface area contributed by atoms with Gasteiger partial charge in [-0.2, -0.15) is 0 Å². The summed E-state index contributed by atoms with van der Waals surface area (Å²) in [6, 6.07) is 9.26. The van der Waals surface area contributed by atoms with Gasteiger partial charge in [-0.05, 0) is 56.2 Å². The minimum atomic E-state index is -0.640. The standard InChI is InChI=1S/C21H24N2O5/c1-12(2)28-19-10-13(4-7-18(19)27-3)17(8-9-24)23-20(25)15-6-5-14(22)11-16(15)21(23)26/h4-7,10-12,17,24H,8-9,22H2,1-3H3. The van der Waals surface area contributed by atoms with Crippen LogP contribution < -0.4 is 15.2 Å². The van der Waals surface area contributed by atoms with Crippen LogP contribution in [0, 0.1) is 0 Å². The molecule has 148 valence electrons. The summed E-state index contributed by atoms with van der Waals surface area (Å²) in [6.07, 6.45) is 0.122. The van der Waals surface area contributed by atoms with E-state index in [2.05, 4.69) is 0 Å². The summed E-state index contributed by atoms with van der Waals surface area (Å²) in [5.74, 6) is 0.239. The maximum absolute atomic E-state index is 12.9. The molecule has 7 heteroatoms. The van der Waals surface area contributed by atoms with Crippen molar-refractivity contribution in [2.75, 3.05) is 19.5 Å². The zero-order chi connectivity index (χ0) is 20.4. The van der Waals surface area contributed by atoms with Gasteiger partial charge < -0.3 is 20.3 Å². The van der Waals surface area contributed by atoms with Crippen molar-refractivity contribution in [2.45, 2.75) is 32.4 Å². The predicted molar refractivity (Wildman–Crippen MR) is 105 cm³/mol. The molecule has 1 aliphatic rings. The van der Waals surface area contributed by atoms with E-state index in [-0.39, 0.29) is 24.7 Å². The zero-order valence-corrected chi connectivity index (χ0v) is 16.1. The van der Waals surface area contributed by atoms with Crippen molar-refractivity contribution in [2.24, 2.45) is 0 Å². The topological polar surface area (TPSA) is 102 Å². The Kier molecular flexibility index (Phi) is 5.56. The van der Waals surface area contributed by atoms with Crippen molar-refractivity contribution in [1.29, 1.82) is 0 Å². The lowest BCUT2D eigenvalue weighted by Crippen LogP contribution is -2.34. The highest BCUT2D eigenvalue weighted by molar-refractivity contribution is 6.22. The SMILES string of the molecule is COc1ccc(C(CCO)N2C(=O)c3ccc(N)cc3C2=O)cc1OC(C)C. The van der Waals surface area contributed by atoms with Crippen LogP contribution in [0.15, 0.2) is 36.4 Å². The molecule has 0 fully saturated rings. The minimum Gasteiger partial charge on any atom is -0.493 e. The van der Waals surface area contributed by atoms with Crippen LogP contribution in [0.4, 0.5) is 5.69 Å². The second-order valence-electron chi connectivity index (χ2n) is 6.89. The zero-order valence-electron chi connectivity index (χ0n) is 16.1. The average Bonchev–Trinajstić information content (AvgIpc) is 2.89. The van der Waals surface area contributed by atoms with Crippen molar-refractivity contribution in [1.82, 2.24) is 4.90 Å². The second-order valence-corrected chi connectivity index (χ2v) is 6.89. The molecule has 0 spiro atoms. The van der Waals surface area contributed by atoms with E-state index >= 15 is 0 Å². The number of aliphatic hydroxyl groups excluding tert-OH is 1. The van der Waals surface area contributed by atoms with Crippen LogP contribution in [0.2, 0.25) is 0 Å². The molecule has 0 saturated heterocycles. The fourth-order valence-corrected chi connectivity index (χ4v) is 3.37. The molecule has 0 saturated carbocycles. The molecule has 3 rings (SSSR count). The maximum Gasteiger partial charge on any atom is 0.262 e. The lowest BCUT2D eigenvalue weighted by Gasteiger charge is -2.27. The Balaban J connectivity index is 2.03. The number of hydrogen-bond acceptors (Lipinski definition) is 6. The highest BCUT2D eigenvalue weighted by Crippen LogP contribution is 2.38. The van der Waals surface area contributed by atoms with Crippen molar-refractivity contribution < 1.29 is 24.2 Å². The molecule has 0 aliphatic carbocycles. The molecule has 0 aromatic heterocycles. The Morgan fingerprint density at radius 2 is 1.75 bits per heavy atom. The number of fused-ring (bicyclic) bond motifs is 1. The number of nitrogens with two attached hydrogens (primary N) is 1. The summed E-state index contributed by atoms with van der Waals surface area (Å²) in [6.45, 7) is 3.60. The number of rotatable bonds is 7. The summed E-state index contributed by atoms with van der Waals surface area (Å²) >= 11 is 0. The van der Waals surface area contributed by atoms with Crippen LogP contribution in [0.5, 0.6) is 11.5 Å². The lowest BCUT2D eigenvalue weighted by atomic mass is 10.0. The average molecular weight is 384 g/mol. The summed E-state index contributed by atoms with van der Waals surface area (Å²) in [5.41, 5.74) is 7.46. The molecule has 0 bridgehead atoms. The number of nitrogens with zero attached hydrogens (tertiary/aromatic N) is 1. The first-order valence-corrected chi connectivity index (χ1v) is 9.10. The highest BCUT2D eigenvalue weighted by Gasteiger charge is 2.40. The fourth-order valence-electron chi connectivity index (χ4n) is 3.37. The Morgan fingerprint density at radius 1 is 1.04 bits per heavy atom. The Bertz CT molecular complexity index is 910. The third-order valence-corrected chi connectivity index (χ3v) is 4.59. The molecule has 7 nitrogen and oxygen atoms in total. The van der Waals surface area contributed by atoms with Crippen LogP contribution in [0.3, 0.4) is 0 Å². The van der Waals surface area contributed by atoms with E-state index in [1.54, 1.807) is 37.4 Å². The van der Waals surface area contributed by atoms with Gasteiger partial charge in [0.05, 0.1) is 30.4 Å². The first-order chi connectivity index (χ1) is 13.4. The molecule has 3 N–H and O–H groups in total. The first kappa shape index (κ1) is 19.7. The van der Waals surface area contributed by atoms with Crippen LogP contribution in [0.1, 0.15) is 52.6 Å². The number of carbonyl (C=O) groups is 2. The van der Waals surface area contributed by atoms with Crippen molar-refractivity contribution in [3.63, 3.8) is 0 Å². The molecular formula is C21H24N2O5. The van der Waals surface area contributed by atoms with Gasteiger partial charge in [-0.3, -0.25) is 14.5 Å². The van der Waals surface area contributed by atoms with Crippen molar-refractivity contribution in [3.8, 4) is 11.5 Å². The van der Waals surface area contributed by atoms with Crippen molar-refractivity contribution in [3.05, 3.63) is 53.1 Å². The molecule has 0 radical (unpaired) electrons. The first-order valence-electron chi connectivity index (χ1n) is 9.10. The fraction of sp³-hybridized carbons (Fsp3) is 0.333. The van der Waals surface area contributed by atoms with Crippen LogP contribution in [0.25, 0.3) is 0 Å². The number of aliphatic hydroxyl groups is 1. The number of carbonyl (C=O) groups excluding carboxylic acids is 2. The third-order valence-electron chi connectivity index (χ3n) is 4.59. The van der Waals surface area contributed by atoms with Crippen molar-refractivity contribution >= 4 is 17.5 Å².